The summed E-state index contributed by atoms with van der Waals surface area (Å²) < 4.78 is 8.09. The Labute approximate surface area is 172 Å². The molecule has 1 N–H and O–H groups in total. The van der Waals surface area contributed by atoms with Crippen LogP contribution in [0, 0.1) is 11.3 Å². The smallest absolute Gasteiger partial charge is 0.262 e. The summed E-state index contributed by atoms with van der Waals surface area (Å²) in [5.41, 5.74) is 3.12. The van der Waals surface area contributed by atoms with Gasteiger partial charge in [-0.25, -0.2) is 0 Å². The van der Waals surface area contributed by atoms with E-state index < -0.39 is 5.91 Å². The van der Waals surface area contributed by atoms with Crippen LogP contribution in [0.25, 0.3) is 17.0 Å². The van der Waals surface area contributed by atoms with Gasteiger partial charge in [-0.3, -0.25) is 4.79 Å². The molecule has 1 amide bonds. The zero-order chi connectivity index (χ0) is 19.9. The van der Waals surface area contributed by atoms with Crippen molar-refractivity contribution in [3.05, 3.63) is 75.9 Å². The minimum absolute atomic E-state index is 0.0719. The van der Waals surface area contributed by atoms with Gasteiger partial charge in [0.1, 0.15) is 11.6 Å². The number of nitriles is 1. The summed E-state index contributed by atoms with van der Waals surface area (Å²) >= 11 is 3.45. The van der Waals surface area contributed by atoms with Crippen molar-refractivity contribution in [2.75, 3.05) is 20.3 Å². The van der Waals surface area contributed by atoms with E-state index in [1.807, 2.05) is 48.7 Å². The van der Waals surface area contributed by atoms with Gasteiger partial charge in [0.2, 0.25) is 0 Å². The van der Waals surface area contributed by atoms with Crippen LogP contribution in [0.2, 0.25) is 0 Å². The number of rotatable bonds is 7. The van der Waals surface area contributed by atoms with Gasteiger partial charge in [-0.2, -0.15) is 5.26 Å². The van der Waals surface area contributed by atoms with Gasteiger partial charge in [0, 0.05) is 47.3 Å². The van der Waals surface area contributed by atoms with E-state index in [1.165, 1.54) is 0 Å². The molecule has 0 aliphatic heterocycles. The maximum Gasteiger partial charge on any atom is 0.262 e. The maximum atomic E-state index is 12.3. The van der Waals surface area contributed by atoms with Crippen molar-refractivity contribution in [2.45, 2.75) is 6.54 Å². The molecule has 0 aliphatic rings. The number of aromatic nitrogens is 1. The molecule has 0 spiro atoms. The molecule has 5 nitrogen and oxygen atoms in total. The number of carbonyl (C=O) groups excluding carboxylic acids is 1. The van der Waals surface area contributed by atoms with Gasteiger partial charge < -0.3 is 14.6 Å². The highest BCUT2D eigenvalue weighted by Gasteiger charge is 2.12. The number of hydrogen-bond donors (Lipinski definition) is 1. The lowest BCUT2D eigenvalue weighted by molar-refractivity contribution is -0.117. The molecule has 1 heterocycles. The third-order valence-corrected chi connectivity index (χ3v) is 4.87. The highest BCUT2D eigenvalue weighted by molar-refractivity contribution is 9.10. The van der Waals surface area contributed by atoms with Crippen LogP contribution in [-0.2, 0) is 16.1 Å². The van der Waals surface area contributed by atoms with Crippen molar-refractivity contribution in [2.24, 2.45) is 0 Å². The standard InChI is InChI=1S/C22H20BrN3O2/c1-28-11-10-25-22(27)17(13-24)12-18-15-26(21-5-3-2-4-20(18)21)14-16-6-8-19(23)9-7-16/h2-9,12,15H,10-11,14H2,1H3,(H,25,27)/b17-12+. The van der Waals surface area contributed by atoms with E-state index in [-0.39, 0.29) is 5.57 Å². The number of halogens is 1. The van der Waals surface area contributed by atoms with Crippen molar-refractivity contribution in [1.29, 1.82) is 5.26 Å². The summed E-state index contributed by atoms with van der Waals surface area (Å²) in [7, 11) is 1.56. The van der Waals surface area contributed by atoms with Crippen LogP contribution in [0.1, 0.15) is 11.1 Å². The summed E-state index contributed by atoms with van der Waals surface area (Å²) in [6.07, 6.45) is 3.62. The first kappa shape index (κ1) is 19.9. The monoisotopic (exact) mass is 437 g/mol. The Morgan fingerprint density at radius 2 is 2.00 bits per heavy atom. The molecular weight excluding hydrogens is 418 g/mol. The number of ether oxygens (including phenoxy) is 1. The zero-order valence-corrected chi connectivity index (χ0v) is 17.1. The van der Waals surface area contributed by atoms with Crippen LogP contribution in [-0.4, -0.2) is 30.7 Å². The van der Waals surface area contributed by atoms with Crippen LogP contribution in [0.15, 0.2) is 64.8 Å². The average Bonchev–Trinajstić information content (AvgIpc) is 3.05. The molecule has 0 atom stereocenters. The van der Waals surface area contributed by atoms with Gasteiger partial charge >= 0.3 is 0 Å². The molecular formula is C22H20BrN3O2. The molecule has 2 aromatic carbocycles. The van der Waals surface area contributed by atoms with Crippen molar-refractivity contribution in [3.8, 4) is 6.07 Å². The minimum Gasteiger partial charge on any atom is -0.383 e. The summed E-state index contributed by atoms with van der Waals surface area (Å²) in [4.78, 5) is 12.3. The lowest BCUT2D eigenvalue weighted by Gasteiger charge is -2.05. The molecule has 3 rings (SSSR count). The molecule has 0 aliphatic carbocycles. The zero-order valence-electron chi connectivity index (χ0n) is 15.5. The van der Waals surface area contributed by atoms with Crippen LogP contribution in [0.3, 0.4) is 0 Å². The summed E-state index contributed by atoms with van der Waals surface area (Å²) in [5.74, 6) is -0.399. The number of nitrogens with one attached hydrogen (secondary N) is 1. The highest BCUT2D eigenvalue weighted by Crippen LogP contribution is 2.25. The van der Waals surface area contributed by atoms with E-state index in [0.29, 0.717) is 19.7 Å². The van der Waals surface area contributed by atoms with Gasteiger partial charge in [0.25, 0.3) is 5.91 Å². The molecule has 0 bridgehead atoms. The fourth-order valence-corrected chi connectivity index (χ4v) is 3.24. The number of benzene rings is 2. The Morgan fingerprint density at radius 1 is 1.25 bits per heavy atom. The normalized spacial score (nSPS) is 11.4. The summed E-state index contributed by atoms with van der Waals surface area (Å²) in [5, 5.41) is 13.1. The summed E-state index contributed by atoms with van der Waals surface area (Å²) in [6, 6.07) is 18.1. The fraction of sp³-hybridized carbons (Fsp3) is 0.182. The number of nitrogens with zero attached hydrogens (tertiary/aromatic N) is 2. The minimum atomic E-state index is -0.399. The number of methoxy groups -OCH3 is 1. The van der Waals surface area contributed by atoms with Crippen molar-refractivity contribution in [3.63, 3.8) is 0 Å². The first-order valence-electron chi connectivity index (χ1n) is 8.83. The molecule has 142 valence electrons. The number of hydrogen-bond acceptors (Lipinski definition) is 3. The largest absolute Gasteiger partial charge is 0.383 e. The van der Waals surface area contributed by atoms with Gasteiger partial charge in [0.15, 0.2) is 0 Å². The Morgan fingerprint density at radius 3 is 2.71 bits per heavy atom. The fourth-order valence-electron chi connectivity index (χ4n) is 2.97. The van der Waals surface area contributed by atoms with Gasteiger partial charge in [0.05, 0.1) is 6.61 Å². The average molecular weight is 438 g/mol. The van der Waals surface area contributed by atoms with E-state index >= 15 is 0 Å². The number of carbonyl (C=O) groups is 1. The number of para-hydroxylation sites is 1. The first-order valence-corrected chi connectivity index (χ1v) is 9.63. The number of fused-ring (bicyclic) bond motifs is 1. The lowest BCUT2D eigenvalue weighted by atomic mass is 10.1. The molecule has 0 saturated carbocycles. The van der Waals surface area contributed by atoms with Crippen LogP contribution >= 0.6 is 15.9 Å². The van der Waals surface area contributed by atoms with E-state index in [0.717, 1.165) is 26.5 Å². The third-order valence-electron chi connectivity index (χ3n) is 4.34. The second-order valence-corrected chi connectivity index (χ2v) is 7.19. The second kappa shape index (κ2) is 9.36. The molecule has 0 unspecified atom stereocenters. The first-order chi connectivity index (χ1) is 13.6. The topological polar surface area (TPSA) is 67.0 Å². The summed E-state index contributed by atoms with van der Waals surface area (Å²) in [6.45, 7) is 1.46. The third kappa shape index (κ3) is 4.69. The molecule has 0 fully saturated rings. The van der Waals surface area contributed by atoms with Gasteiger partial charge in [-0.05, 0) is 29.8 Å². The van der Waals surface area contributed by atoms with E-state index in [2.05, 4.69) is 37.9 Å². The van der Waals surface area contributed by atoms with Gasteiger partial charge in [-0.1, -0.05) is 46.3 Å². The predicted molar refractivity (Wildman–Crippen MR) is 114 cm³/mol. The van der Waals surface area contributed by atoms with E-state index in [1.54, 1.807) is 13.2 Å². The highest BCUT2D eigenvalue weighted by atomic mass is 79.9. The van der Waals surface area contributed by atoms with Crippen LogP contribution in [0.4, 0.5) is 0 Å². The van der Waals surface area contributed by atoms with Crippen molar-refractivity contribution >= 4 is 38.8 Å². The molecule has 3 aromatic rings. The van der Waals surface area contributed by atoms with Crippen molar-refractivity contribution < 1.29 is 9.53 Å². The molecule has 28 heavy (non-hydrogen) atoms. The lowest BCUT2D eigenvalue weighted by Crippen LogP contribution is -2.27. The van der Waals surface area contributed by atoms with Gasteiger partial charge in [-0.15, -0.1) is 0 Å². The Kier molecular flexibility index (Phi) is 6.64. The molecule has 6 heteroatoms. The van der Waals surface area contributed by atoms with Crippen LogP contribution in [0.5, 0.6) is 0 Å². The quantitative estimate of drug-likeness (QED) is 0.343. The van der Waals surface area contributed by atoms with Crippen molar-refractivity contribution in [1.82, 2.24) is 9.88 Å². The SMILES string of the molecule is COCCNC(=O)/C(C#N)=C/c1cn(Cc2ccc(Br)cc2)c2ccccc12. The number of amides is 1. The maximum absolute atomic E-state index is 12.3. The Hall–Kier alpha value is -2.88. The molecule has 0 radical (unpaired) electrons. The van der Waals surface area contributed by atoms with Crippen LogP contribution < -0.4 is 5.32 Å². The molecule has 1 aromatic heterocycles. The second-order valence-electron chi connectivity index (χ2n) is 6.27. The molecule has 0 saturated heterocycles. The Bertz CT molecular complexity index is 1050. The Balaban J connectivity index is 1.94. The van der Waals surface area contributed by atoms with E-state index in [9.17, 15) is 10.1 Å². The van der Waals surface area contributed by atoms with E-state index in [4.69, 9.17) is 4.74 Å². The predicted octanol–water partition coefficient (Wildman–Crippen LogP) is 4.12.